The van der Waals surface area contributed by atoms with Gasteiger partial charge in [-0.2, -0.15) is 0 Å². The van der Waals surface area contributed by atoms with Gasteiger partial charge < -0.3 is 10.6 Å². The van der Waals surface area contributed by atoms with Crippen molar-refractivity contribution in [3.05, 3.63) is 54.1 Å². The molecule has 2 rings (SSSR count). The summed E-state index contributed by atoms with van der Waals surface area (Å²) in [7, 11) is -0.601. The Morgan fingerprint density at radius 2 is 1.77 bits per heavy atom. The Morgan fingerprint density at radius 1 is 1.08 bits per heavy atom. The number of nitrogens with zero attached hydrogens (tertiary/aromatic N) is 1. The number of sulfonamides is 1. The standard InChI is InChI=1S/C19H25N3O3S/c1-14(2)17-10-5-6-11-18(17)20-13-19(23)21-15-8-7-9-16(12-15)26(24,25)22(3)4/h5-12,14,20H,13H2,1-4H3,(H,21,23). The summed E-state index contributed by atoms with van der Waals surface area (Å²) < 4.78 is 25.5. The Kier molecular flexibility index (Phi) is 6.39. The molecule has 0 aliphatic rings. The highest BCUT2D eigenvalue weighted by molar-refractivity contribution is 7.89. The molecule has 0 atom stereocenters. The molecule has 0 radical (unpaired) electrons. The molecule has 2 N–H and O–H groups in total. The van der Waals surface area contributed by atoms with Crippen LogP contribution in [0, 0.1) is 0 Å². The van der Waals surface area contributed by atoms with Gasteiger partial charge in [0, 0.05) is 25.5 Å². The van der Waals surface area contributed by atoms with Crippen LogP contribution in [-0.4, -0.2) is 39.3 Å². The molecule has 0 fully saturated rings. The third kappa shape index (κ3) is 4.83. The number of nitrogens with one attached hydrogen (secondary N) is 2. The number of para-hydroxylation sites is 1. The average Bonchev–Trinajstić information content (AvgIpc) is 2.60. The van der Waals surface area contributed by atoms with Gasteiger partial charge in [0.15, 0.2) is 0 Å². The van der Waals surface area contributed by atoms with E-state index >= 15 is 0 Å². The maximum Gasteiger partial charge on any atom is 0.243 e. The second-order valence-electron chi connectivity index (χ2n) is 6.46. The van der Waals surface area contributed by atoms with E-state index < -0.39 is 10.0 Å². The first-order valence-corrected chi connectivity index (χ1v) is 9.81. The van der Waals surface area contributed by atoms with Crippen molar-refractivity contribution in [1.82, 2.24) is 4.31 Å². The van der Waals surface area contributed by atoms with Gasteiger partial charge in [0.05, 0.1) is 11.4 Å². The lowest BCUT2D eigenvalue weighted by molar-refractivity contribution is -0.114. The van der Waals surface area contributed by atoms with Gasteiger partial charge in [-0.3, -0.25) is 4.79 Å². The molecular weight excluding hydrogens is 350 g/mol. The van der Waals surface area contributed by atoms with Crippen molar-refractivity contribution in [2.45, 2.75) is 24.7 Å². The molecule has 0 aliphatic carbocycles. The van der Waals surface area contributed by atoms with Crippen LogP contribution in [0.25, 0.3) is 0 Å². The Morgan fingerprint density at radius 3 is 2.42 bits per heavy atom. The Labute approximate surface area is 155 Å². The number of hydrogen-bond donors (Lipinski definition) is 2. The molecule has 2 aromatic carbocycles. The lowest BCUT2D eigenvalue weighted by Crippen LogP contribution is -2.24. The Bertz CT molecular complexity index is 877. The summed E-state index contributed by atoms with van der Waals surface area (Å²) in [6.45, 7) is 4.28. The summed E-state index contributed by atoms with van der Waals surface area (Å²) >= 11 is 0. The van der Waals surface area contributed by atoms with Gasteiger partial charge in [0.1, 0.15) is 0 Å². The molecule has 26 heavy (non-hydrogen) atoms. The Hall–Kier alpha value is -2.38. The molecule has 140 valence electrons. The molecule has 1 amide bonds. The van der Waals surface area contributed by atoms with Gasteiger partial charge in [-0.1, -0.05) is 38.1 Å². The summed E-state index contributed by atoms with van der Waals surface area (Å²) in [5.74, 6) is 0.0950. The molecule has 0 saturated carbocycles. The number of amides is 1. The van der Waals surface area contributed by atoms with Crippen LogP contribution in [0.5, 0.6) is 0 Å². The number of rotatable bonds is 7. The van der Waals surface area contributed by atoms with E-state index in [4.69, 9.17) is 0 Å². The average molecular weight is 375 g/mol. The topological polar surface area (TPSA) is 78.5 Å². The number of hydrogen-bond acceptors (Lipinski definition) is 4. The fourth-order valence-corrected chi connectivity index (χ4v) is 3.44. The van der Waals surface area contributed by atoms with E-state index in [9.17, 15) is 13.2 Å². The maximum atomic E-state index is 12.2. The molecule has 2 aromatic rings. The zero-order chi connectivity index (χ0) is 19.3. The van der Waals surface area contributed by atoms with Crippen molar-refractivity contribution >= 4 is 27.3 Å². The minimum Gasteiger partial charge on any atom is -0.376 e. The summed E-state index contributed by atoms with van der Waals surface area (Å²) in [4.78, 5) is 12.4. The van der Waals surface area contributed by atoms with E-state index in [1.165, 1.54) is 26.2 Å². The molecule has 0 aromatic heterocycles. The van der Waals surface area contributed by atoms with Crippen molar-refractivity contribution in [3.8, 4) is 0 Å². The van der Waals surface area contributed by atoms with Crippen LogP contribution in [0.4, 0.5) is 11.4 Å². The third-order valence-corrected chi connectivity index (χ3v) is 5.73. The SMILES string of the molecule is CC(C)c1ccccc1NCC(=O)Nc1cccc(S(=O)(=O)N(C)C)c1. The number of carbonyl (C=O) groups excluding carboxylic acids is 1. The predicted molar refractivity (Wildman–Crippen MR) is 105 cm³/mol. The van der Waals surface area contributed by atoms with Crippen LogP contribution in [0.2, 0.25) is 0 Å². The summed E-state index contributed by atoms with van der Waals surface area (Å²) in [5.41, 5.74) is 2.50. The van der Waals surface area contributed by atoms with Gasteiger partial charge in [0.25, 0.3) is 0 Å². The molecule has 6 nitrogen and oxygen atoms in total. The molecular formula is C19H25N3O3S. The van der Waals surface area contributed by atoms with Crippen LogP contribution in [0.1, 0.15) is 25.3 Å². The highest BCUT2D eigenvalue weighted by atomic mass is 32.2. The van der Waals surface area contributed by atoms with Crippen molar-refractivity contribution < 1.29 is 13.2 Å². The number of anilines is 2. The van der Waals surface area contributed by atoms with Crippen LogP contribution < -0.4 is 10.6 Å². The lowest BCUT2D eigenvalue weighted by atomic mass is 10.0. The Balaban J connectivity index is 2.05. The van der Waals surface area contributed by atoms with Gasteiger partial charge in [0.2, 0.25) is 15.9 Å². The predicted octanol–water partition coefficient (Wildman–Crippen LogP) is 3.11. The minimum absolute atomic E-state index is 0.0917. The largest absolute Gasteiger partial charge is 0.376 e. The maximum absolute atomic E-state index is 12.2. The lowest BCUT2D eigenvalue weighted by Gasteiger charge is -2.15. The fourth-order valence-electron chi connectivity index (χ4n) is 2.49. The first kappa shape index (κ1) is 19.9. The van der Waals surface area contributed by atoms with E-state index in [1.54, 1.807) is 12.1 Å². The van der Waals surface area contributed by atoms with Crippen LogP contribution >= 0.6 is 0 Å². The van der Waals surface area contributed by atoms with Gasteiger partial charge in [-0.15, -0.1) is 0 Å². The zero-order valence-electron chi connectivity index (χ0n) is 15.5. The normalized spacial score (nSPS) is 11.6. The molecule has 0 saturated heterocycles. The summed E-state index contributed by atoms with van der Waals surface area (Å²) in [6.07, 6.45) is 0. The number of benzene rings is 2. The van der Waals surface area contributed by atoms with Gasteiger partial charge in [-0.05, 0) is 35.7 Å². The molecule has 7 heteroatoms. The molecule has 0 heterocycles. The van der Waals surface area contributed by atoms with Gasteiger partial charge in [-0.25, -0.2) is 12.7 Å². The molecule has 0 unspecified atom stereocenters. The summed E-state index contributed by atoms with van der Waals surface area (Å²) in [6, 6.07) is 14.1. The van der Waals surface area contributed by atoms with E-state index in [1.807, 2.05) is 24.3 Å². The first-order valence-electron chi connectivity index (χ1n) is 8.37. The highest BCUT2D eigenvalue weighted by Crippen LogP contribution is 2.23. The second kappa shape index (κ2) is 8.33. The molecule has 0 aliphatic heterocycles. The van der Waals surface area contributed by atoms with Crippen molar-refractivity contribution in [2.24, 2.45) is 0 Å². The quantitative estimate of drug-likeness (QED) is 0.779. The van der Waals surface area contributed by atoms with Gasteiger partial charge >= 0.3 is 0 Å². The zero-order valence-corrected chi connectivity index (χ0v) is 16.3. The van der Waals surface area contributed by atoms with Crippen LogP contribution in [0.15, 0.2) is 53.4 Å². The van der Waals surface area contributed by atoms with E-state index in [0.29, 0.717) is 11.6 Å². The van der Waals surface area contributed by atoms with Crippen molar-refractivity contribution in [3.63, 3.8) is 0 Å². The van der Waals surface area contributed by atoms with E-state index in [0.717, 1.165) is 15.6 Å². The highest BCUT2D eigenvalue weighted by Gasteiger charge is 2.17. The number of carbonyl (C=O) groups is 1. The van der Waals surface area contributed by atoms with E-state index in [-0.39, 0.29) is 17.3 Å². The summed E-state index contributed by atoms with van der Waals surface area (Å²) in [5, 5.41) is 5.87. The minimum atomic E-state index is -3.54. The smallest absolute Gasteiger partial charge is 0.243 e. The second-order valence-corrected chi connectivity index (χ2v) is 8.61. The van der Waals surface area contributed by atoms with Crippen LogP contribution in [-0.2, 0) is 14.8 Å². The first-order chi connectivity index (χ1) is 12.2. The fraction of sp³-hybridized carbons (Fsp3) is 0.316. The van der Waals surface area contributed by atoms with E-state index in [2.05, 4.69) is 24.5 Å². The third-order valence-electron chi connectivity index (χ3n) is 3.92. The molecule has 0 spiro atoms. The van der Waals surface area contributed by atoms with Crippen molar-refractivity contribution in [2.75, 3.05) is 31.3 Å². The van der Waals surface area contributed by atoms with Crippen LogP contribution in [0.3, 0.4) is 0 Å². The monoisotopic (exact) mass is 375 g/mol. The molecule has 0 bridgehead atoms. The van der Waals surface area contributed by atoms with Crippen molar-refractivity contribution in [1.29, 1.82) is 0 Å².